The second-order valence-corrected chi connectivity index (χ2v) is 4.93. The molecule has 0 fully saturated rings. The zero-order valence-electron chi connectivity index (χ0n) is 10.7. The fraction of sp³-hybridized carbons (Fsp3) is 0.133. The van der Waals surface area contributed by atoms with Gasteiger partial charge in [0, 0.05) is 16.7 Å². The number of aliphatic hydroxyl groups is 2. The molecule has 3 rings (SSSR count). The van der Waals surface area contributed by atoms with Crippen molar-refractivity contribution in [1.29, 1.82) is 0 Å². The van der Waals surface area contributed by atoms with Crippen molar-refractivity contribution < 1.29 is 24.6 Å². The summed E-state index contributed by atoms with van der Waals surface area (Å²) >= 11 is 0. The van der Waals surface area contributed by atoms with Crippen LogP contribution >= 0.6 is 0 Å². The average Bonchev–Trinajstić information content (AvgIpc) is 2.47. The number of rotatable bonds is 1. The van der Waals surface area contributed by atoms with Gasteiger partial charge in [0.15, 0.2) is 11.6 Å². The highest BCUT2D eigenvalue weighted by atomic mass is 16.4. The van der Waals surface area contributed by atoms with Gasteiger partial charge >= 0.3 is 0 Å². The maximum atomic E-state index is 12.5. The minimum atomic E-state index is -2.61. The summed E-state index contributed by atoms with van der Waals surface area (Å²) in [7, 11) is 0. The zero-order chi connectivity index (χ0) is 15.4. The summed E-state index contributed by atoms with van der Waals surface area (Å²) in [5.41, 5.74) is 2.22. The molecule has 6 heteroatoms. The van der Waals surface area contributed by atoms with Gasteiger partial charge in [0.1, 0.15) is 6.10 Å². The molecule has 2 atom stereocenters. The number of fused-ring (bicyclic) bond motifs is 1. The van der Waals surface area contributed by atoms with Crippen LogP contribution in [0.2, 0.25) is 0 Å². The van der Waals surface area contributed by atoms with Crippen LogP contribution in [-0.2, 0) is 4.79 Å². The van der Waals surface area contributed by atoms with Crippen molar-refractivity contribution in [2.24, 2.45) is 5.73 Å². The lowest BCUT2D eigenvalue weighted by Crippen LogP contribution is -2.58. The molecule has 21 heavy (non-hydrogen) atoms. The topological polar surface area (TPSA) is 118 Å². The third-order valence-corrected chi connectivity index (χ3v) is 3.79. The lowest BCUT2D eigenvalue weighted by Gasteiger charge is -2.35. The summed E-state index contributed by atoms with van der Waals surface area (Å²) in [6.45, 7) is 0. The number of carbonyl (C=O) groups excluding carboxylic acids is 3. The molecule has 0 spiro atoms. The molecule has 1 aromatic rings. The monoisotopic (exact) mass is 285 g/mol. The van der Waals surface area contributed by atoms with Crippen LogP contribution in [0.4, 0.5) is 0 Å². The molecule has 1 aromatic carbocycles. The molecular formula is C15H11NO5. The van der Waals surface area contributed by atoms with Crippen LogP contribution in [0.5, 0.6) is 0 Å². The van der Waals surface area contributed by atoms with Crippen molar-refractivity contribution in [3.05, 3.63) is 58.7 Å². The number of ketones is 2. The second kappa shape index (κ2) is 4.21. The normalized spacial score (nSPS) is 27.4. The molecule has 6 nitrogen and oxygen atoms in total. The van der Waals surface area contributed by atoms with Crippen molar-refractivity contribution in [2.45, 2.75) is 11.7 Å². The summed E-state index contributed by atoms with van der Waals surface area (Å²) in [6.07, 6.45) is 0.617. The van der Waals surface area contributed by atoms with Crippen molar-refractivity contribution in [2.75, 3.05) is 0 Å². The maximum Gasteiger partial charge on any atom is 0.257 e. The summed E-state index contributed by atoms with van der Waals surface area (Å²) in [5.74, 6) is -2.47. The number of carbonyl (C=O) groups is 3. The summed E-state index contributed by atoms with van der Waals surface area (Å²) in [4.78, 5) is 36.5. The average molecular weight is 285 g/mol. The standard InChI is InChI=1S/C15H11NO5/c16-14(20)15(21)10(17)6-5-9-11(15)13(19)8-4-2-1-3-7(8)12(9)18/h1-6,10,17,21H,(H2,16,20). The predicted octanol–water partition coefficient (Wildman–Crippen LogP) is -0.491. The van der Waals surface area contributed by atoms with Gasteiger partial charge < -0.3 is 15.9 Å². The molecule has 0 bridgehead atoms. The Morgan fingerprint density at radius 3 is 2.29 bits per heavy atom. The van der Waals surface area contributed by atoms with E-state index in [0.717, 1.165) is 6.08 Å². The number of benzene rings is 1. The van der Waals surface area contributed by atoms with Crippen LogP contribution in [0.15, 0.2) is 47.6 Å². The Hall–Kier alpha value is -2.57. The fourth-order valence-electron chi connectivity index (χ4n) is 2.68. The predicted molar refractivity (Wildman–Crippen MR) is 71.4 cm³/mol. The summed E-state index contributed by atoms with van der Waals surface area (Å²) < 4.78 is 0. The van der Waals surface area contributed by atoms with E-state index >= 15 is 0 Å². The van der Waals surface area contributed by atoms with E-state index in [0.29, 0.717) is 0 Å². The molecular weight excluding hydrogens is 274 g/mol. The Kier molecular flexibility index (Phi) is 2.69. The number of hydrogen-bond acceptors (Lipinski definition) is 5. The number of Topliss-reactive ketones (excluding diaryl/α,β-unsaturated/α-hetero) is 2. The van der Waals surface area contributed by atoms with E-state index in [1.807, 2.05) is 0 Å². The molecule has 0 radical (unpaired) electrons. The second-order valence-electron chi connectivity index (χ2n) is 4.93. The number of hydrogen-bond donors (Lipinski definition) is 3. The molecule has 1 amide bonds. The van der Waals surface area contributed by atoms with Crippen molar-refractivity contribution >= 4 is 17.5 Å². The van der Waals surface area contributed by atoms with Crippen LogP contribution in [0, 0.1) is 0 Å². The van der Waals surface area contributed by atoms with Gasteiger partial charge in [-0.3, -0.25) is 14.4 Å². The minimum Gasteiger partial charge on any atom is -0.385 e. The van der Waals surface area contributed by atoms with E-state index in [1.54, 1.807) is 12.1 Å². The first kappa shape index (κ1) is 13.4. The van der Waals surface area contributed by atoms with E-state index in [2.05, 4.69) is 0 Å². The molecule has 0 saturated heterocycles. The minimum absolute atomic E-state index is 0.0726. The van der Waals surface area contributed by atoms with Gasteiger partial charge in [-0.15, -0.1) is 0 Å². The van der Waals surface area contributed by atoms with Crippen LogP contribution in [-0.4, -0.2) is 39.4 Å². The highest BCUT2D eigenvalue weighted by Crippen LogP contribution is 2.38. The van der Waals surface area contributed by atoms with E-state index in [9.17, 15) is 24.6 Å². The lowest BCUT2D eigenvalue weighted by molar-refractivity contribution is -0.139. The Bertz CT molecular complexity index is 761. The molecule has 2 aliphatic rings. The lowest BCUT2D eigenvalue weighted by atomic mass is 9.71. The summed E-state index contributed by atoms with van der Waals surface area (Å²) in [5, 5.41) is 20.3. The molecule has 2 unspecified atom stereocenters. The number of primary amides is 1. The number of aliphatic hydroxyl groups excluding tert-OH is 1. The van der Waals surface area contributed by atoms with E-state index in [1.165, 1.54) is 18.2 Å². The molecule has 0 aliphatic heterocycles. The van der Waals surface area contributed by atoms with Gasteiger partial charge in [-0.05, 0) is 0 Å². The third kappa shape index (κ3) is 1.57. The zero-order valence-corrected chi connectivity index (χ0v) is 10.7. The van der Waals surface area contributed by atoms with Crippen molar-refractivity contribution in [3.8, 4) is 0 Å². The van der Waals surface area contributed by atoms with Crippen molar-refractivity contribution in [1.82, 2.24) is 0 Å². The highest BCUT2D eigenvalue weighted by molar-refractivity contribution is 6.30. The van der Waals surface area contributed by atoms with E-state index in [4.69, 9.17) is 5.73 Å². The first-order valence-corrected chi connectivity index (χ1v) is 6.20. The number of allylic oxidation sites excluding steroid dienone is 2. The van der Waals surface area contributed by atoms with Gasteiger partial charge in [0.2, 0.25) is 5.60 Å². The maximum absolute atomic E-state index is 12.5. The fourth-order valence-corrected chi connectivity index (χ4v) is 2.68. The van der Waals surface area contributed by atoms with Gasteiger partial charge in [0.25, 0.3) is 5.91 Å². The third-order valence-electron chi connectivity index (χ3n) is 3.79. The molecule has 4 N–H and O–H groups in total. The first-order valence-electron chi connectivity index (χ1n) is 6.20. The quantitative estimate of drug-likeness (QED) is 0.643. The number of amides is 1. The van der Waals surface area contributed by atoms with Crippen LogP contribution < -0.4 is 5.73 Å². The molecule has 0 heterocycles. The van der Waals surface area contributed by atoms with Gasteiger partial charge in [-0.1, -0.05) is 36.4 Å². The summed E-state index contributed by atoms with van der Waals surface area (Å²) in [6, 6.07) is 6.08. The highest BCUT2D eigenvalue weighted by Gasteiger charge is 2.53. The van der Waals surface area contributed by atoms with Crippen LogP contribution in [0.1, 0.15) is 20.7 Å². The Morgan fingerprint density at radius 1 is 1.14 bits per heavy atom. The largest absolute Gasteiger partial charge is 0.385 e. The number of nitrogens with two attached hydrogens (primary N) is 1. The van der Waals surface area contributed by atoms with Gasteiger partial charge in [-0.2, -0.15) is 0 Å². The Labute approximate surface area is 119 Å². The van der Waals surface area contributed by atoms with E-state index in [-0.39, 0.29) is 16.7 Å². The van der Waals surface area contributed by atoms with Gasteiger partial charge in [-0.25, -0.2) is 0 Å². The van der Waals surface area contributed by atoms with Gasteiger partial charge in [0.05, 0.1) is 5.57 Å². The molecule has 106 valence electrons. The Balaban J connectivity index is 2.32. The Morgan fingerprint density at radius 2 is 1.71 bits per heavy atom. The van der Waals surface area contributed by atoms with Crippen molar-refractivity contribution in [3.63, 3.8) is 0 Å². The SMILES string of the molecule is NC(=O)C1(O)C2=C(C=CC1O)C(=O)c1ccccc1C2=O. The molecule has 0 saturated carbocycles. The first-order chi connectivity index (χ1) is 9.89. The molecule has 0 aromatic heterocycles. The van der Waals surface area contributed by atoms with E-state index < -0.39 is 34.8 Å². The smallest absolute Gasteiger partial charge is 0.257 e. The van der Waals surface area contributed by atoms with Crippen LogP contribution in [0.25, 0.3) is 0 Å². The van der Waals surface area contributed by atoms with Crippen LogP contribution in [0.3, 0.4) is 0 Å². The molecule has 2 aliphatic carbocycles.